The molecule has 1 amide bonds. The summed E-state index contributed by atoms with van der Waals surface area (Å²) in [5, 5.41) is 3.09. The highest BCUT2D eigenvalue weighted by atomic mass is 32.2. The van der Waals surface area contributed by atoms with Gasteiger partial charge in [-0.1, -0.05) is 42.2 Å². The molecule has 3 heterocycles. The van der Waals surface area contributed by atoms with Crippen molar-refractivity contribution in [3.8, 4) is 0 Å². The van der Waals surface area contributed by atoms with Crippen molar-refractivity contribution in [3.05, 3.63) is 80.9 Å². The van der Waals surface area contributed by atoms with E-state index >= 15 is 0 Å². The number of pyridine rings is 1. The zero-order valence-electron chi connectivity index (χ0n) is 16.0. The first-order valence-electron chi connectivity index (χ1n) is 9.23. The normalized spacial score (nSPS) is 15.4. The smallest absolute Gasteiger partial charge is 0.267 e. The van der Waals surface area contributed by atoms with Crippen LogP contribution >= 0.6 is 24.0 Å². The van der Waals surface area contributed by atoms with Crippen LogP contribution in [-0.4, -0.2) is 31.1 Å². The van der Waals surface area contributed by atoms with Crippen LogP contribution in [0.25, 0.3) is 11.7 Å². The molecule has 0 radical (unpaired) electrons. The van der Waals surface area contributed by atoms with Gasteiger partial charge in [-0.3, -0.25) is 18.9 Å². The van der Waals surface area contributed by atoms with Crippen molar-refractivity contribution in [2.75, 3.05) is 11.9 Å². The van der Waals surface area contributed by atoms with Gasteiger partial charge in [-0.2, -0.15) is 0 Å². The van der Waals surface area contributed by atoms with E-state index < -0.39 is 0 Å². The number of thiocarbonyl (C=S) groups is 1. The lowest BCUT2D eigenvalue weighted by atomic mass is 10.2. The van der Waals surface area contributed by atoms with E-state index in [1.807, 2.05) is 6.92 Å². The minimum absolute atomic E-state index is 0.233. The van der Waals surface area contributed by atoms with Crippen LogP contribution in [0.2, 0.25) is 0 Å². The van der Waals surface area contributed by atoms with Crippen molar-refractivity contribution in [1.82, 2.24) is 14.3 Å². The molecule has 4 rings (SSSR count). The number of thioether (sulfide) groups is 1. The molecule has 0 saturated carbocycles. The third-order valence-electron chi connectivity index (χ3n) is 4.52. The zero-order chi connectivity index (χ0) is 21.3. The first-order valence-corrected chi connectivity index (χ1v) is 10.5. The number of halogens is 1. The van der Waals surface area contributed by atoms with Crippen LogP contribution in [0.1, 0.15) is 18.1 Å². The molecular weight excluding hydrogens is 423 g/mol. The second-order valence-corrected chi connectivity index (χ2v) is 8.21. The number of nitrogens with zero attached hydrogens (tertiary/aromatic N) is 3. The topological polar surface area (TPSA) is 66.7 Å². The van der Waals surface area contributed by atoms with Gasteiger partial charge in [-0.05, 0) is 42.8 Å². The number of benzene rings is 1. The molecule has 0 spiro atoms. The fourth-order valence-corrected chi connectivity index (χ4v) is 4.31. The average molecular weight is 441 g/mol. The van der Waals surface area contributed by atoms with Crippen LogP contribution < -0.4 is 10.9 Å². The maximum absolute atomic E-state index is 13.1. The number of carbonyl (C=O) groups is 1. The number of fused-ring (bicyclic) bond motifs is 1. The standard InChI is InChI=1S/C21H17FN4O2S2/c1-2-23-18-15(19(27)25-10-4-3-5-17(25)24-18)11-16-20(28)26(21(29)30-16)12-13-6-8-14(22)9-7-13/h3-11,23H,2,12H2,1H3. The second kappa shape index (κ2) is 8.37. The van der Waals surface area contributed by atoms with Crippen LogP contribution in [0, 0.1) is 5.82 Å². The molecule has 152 valence electrons. The Morgan fingerprint density at radius 1 is 1.20 bits per heavy atom. The highest BCUT2D eigenvalue weighted by Gasteiger charge is 2.32. The van der Waals surface area contributed by atoms with Crippen LogP contribution in [0.4, 0.5) is 10.2 Å². The van der Waals surface area contributed by atoms with Crippen molar-refractivity contribution >= 4 is 51.7 Å². The molecule has 1 aliphatic rings. The first-order chi connectivity index (χ1) is 14.5. The maximum Gasteiger partial charge on any atom is 0.267 e. The van der Waals surface area contributed by atoms with Crippen molar-refractivity contribution in [2.45, 2.75) is 13.5 Å². The molecule has 0 aliphatic carbocycles. The Balaban J connectivity index is 1.72. The first kappa shape index (κ1) is 20.2. The number of hydrogen-bond acceptors (Lipinski definition) is 6. The lowest BCUT2D eigenvalue weighted by molar-refractivity contribution is -0.122. The highest BCUT2D eigenvalue weighted by molar-refractivity contribution is 8.26. The maximum atomic E-state index is 13.1. The van der Waals surface area contributed by atoms with Crippen molar-refractivity contribution < 1.29 is 9.18 Å². The van der Waals surface area contributed by atoms with E-state index in [-0.39, 0.29) is 23.8 Å². The SMILES string of the molecule is CCNc1nc2ccccn2c(=O)c1C=C1SC(=S)N(Cc2ccc(F)cc2)C1=O. The van der Waals surface area contributed by atoms with E-state index in [1.54, 1.807) is 36.5 Å². The van der Waals surface area contributed by atoms with Gasteiger partial charge in [-0.25, -0.2) is 9.37 Å². The Kier molecular flexibility index (Phi) is 5.65. The highest BCUT2D eigenvalue weighted by Crippen LogP contribution is 2.34. The summed E-state index contributed by atoms with van der Waals surface area (Å²) in [7, 11) is 0. The van der Waals surface area contributed by atoms with Crippen molar-refractivity contribution in [2.24, 2.45) is 0 Å². The largest absolute Gasteiger partial charge is 0.370 e. The molecule has 2 aromatic heterocycles. The molecule has 0 unspecified atom stereocenters. The predicted molar refractivity (Wildman–Crippen MR) is 121 cm³/mol. The summed E-state index contributed by atoms with van der Waals surface area (Å²) in [6.07, 6.45) is 3.17. The molecule has 0 atom stereocenters. The van der Waals surface area contributed by atoms with Gasteiger partial charge >= 0.3 is 0 Å². The number of nitrogens with one attached hydrogen (secondary N) is 1. The van der Waals surface area contributed by atoms with E-state index in [0.29, 0.717) is 32.8 Å². The van der Waals surface area contributed by atoms with Crippen LogP contribution in [0.5, 0.6) is 0 Å². The molecule has 1 fully saturated rings. The van der Waals surface area contributed by atoms with Gasteiger partial charge in [0.05, 0.1) is 17.0 Å². The second-order valence-electron chi connectivity index (χ2n) is 6.53. The van der Waals surface area contributed by atoms with Gasteiger partial charge in [0.25, 0.3) is 11.5 Å². The summed E-state index contributed by atoms with van der Waals surface area (Å²) in [5.74, 6) is -0.226. The van der Waals surface area contributed by atoms with Gasteiger partial charge < -0.3 is 5.32 Å². The van der Waals surface area contributed by atoms with E-state index in [2.05, 4.69) is 10.3 Å². The van der Waals surface area contributed by atoms with E-state index in [0.717, 1.165) is 17.3 Å². The van der Waals surface area contributed by atoms with Gasteiger partial charge in [-0.15, -0.1) is 0 Å². The van der Waals surface area contributed by atoms with Gasteiger partial charge in [0.15, 0.2) is 0 Å². The summed E-state index contributed by atoms with van der Waals surface area (Å²) in [6, 6.07) is 11.2. The minimum Gasteiger partial charge on any atom is -0.370 e. The van der Waals surface area contributed by atoms with Crippen molar-refractivity contribution in [3.63, 3.8) is 0 Å². The number of aromatic nitrogens is 2. The van der Waals surface area contributed by atoms with E-state index in [1.165, 1.54) is 27.5 Å². The van der Waals surface area contributed by atoms with Crippen LogP contribution in [0.15, 0.2) is 58.4 Å². The molecule has 1 N–H and O–H groups in total. The third kappa shape index (κ3) is 3.86. The number of rotatable bonds is 5. The average Bonchev–Trinajstić information content (AvgIpc) is 3.00. The monoisotopic (exact) mass is 440 g/mol. The number of carbonyl (C=O) groups excluding carboxylic acids is 1. The van der Waals surface area contributed by atoms with E-state index in [4.69, 9.17) is 12.2 Å². The lowest BCUT2D eigenvalue weighted by Gasteiger charge is -2.14. The zero-order valence-corrected chi connectivity index (χ0v) is 17.6. The number of anilines is 1. The summed E-state index contributed by atoms with van der Waals surface area (Å²) in [4.78, 5) is 32.3. The van der Waals surface area contributed by atoms with Crippen LogP contribution in [-0.2, 0) is 11.3 Å². The summed E-state index contributed by atoms with van der Waals surface area (Å²) >= 11 is 6.50. The number of hydrogen-bond donors (Lipinski definition) is 1. The van der Waals surface area contributed by atoms with E-state index in [9.17, 15) is 14.0 Å². The Hall–Kier alpha value is -3.04. The third-order valence-corrected chi connectivity index (χ3v) is 5.89. The molecule has 6 nitrogen and oxygen atoms in total. The fourth-order valence-electron chi connectivity index (χ4n) is 3.07. The van der Waals surface area contributed by atoms with Crippen LogP contribution in [0.3, 0.4) is 0 Å². The molecular formula is C21H17FN4O2S2. The Morgan fingerprint density at radius 2 is 1.97 bits per heavy atom. The van der Waals surface area contributed by atoms with Crippen molar-refractivity contribution in [1.29, 1.82) is 0 Å². The molecule has 1 aliphatic heterocycles. The summed E-state index contributed by atoms with van der Waals surface area (Å²) < 4.78 is 15.0. The Morgan fingerprint density at radius 3 is 2.70 bits per heavy atom. The molecule has 1 aromatic carbocycles. The quantitative estimate of drug-likeness (QED) is 0.482. The van der Waals surface area contributed by atoms with Gasteiger partial charge in [0.1, 0.15) is 21.6 Å². The Labute approximate surface area is 181 Å². The lowest BCUT2D eigenvalue weighted by Crippen LogP contribution is -2.27. The van der Waals surface area contributed by atoms with Gasteiger partial charge in [0, 0.05) is 12.7 Å². The fraction of sp³-hybridized carbons (Fsp3) is 0.143. The van der Waals surface area contributed by atoms with Gasteiger partial charge in [0.2, 0.25) is 0 Å². The molecule has 9 heteroatoms. The molecule has 1 saturated heterocycles. The summed E-state index contributed by atoms with van der Waals surface area (Å²) in [5.41, 5.74) is 1.29. The predicted octanol–water partition coefficient (Wildman–Crippen LogP) is 3.67. The molecule has 30 heavy (non-hydrogen) atoms. The Bertz CT molecular complexity index is 1240. The minimum atomic E-state index is -0.343. The summed E-state index contributed by atoms with van der Waals surface area (Å²) in [6.45, 7) is 2.71. The molecule has 0 bridgehead atoms. The number of amides is 1. The molecule has 3 aromatic rings.